The highest BCUT2D eigenvalue weighted by molar-refractivity contribution is 4.93. The molecule has 0 amide bonds. The molecule has 0 bridgehead atoms. The van der Waals surface area contributed by atoms with Crippen LogP contribution in [0.4, 0.5) is 0 Å². The summed E-state index contributed by atoms with van der Waals surface area (Å²) in [4.78, 5) is 0. The van der Waals surface area contributed by atoms with Crippen molar-refractivity contribution in [2.45, 2.75) is 90.2 Å². The minimum Gasteiger partial charge on any atom is -0.374 e. The van der Waals surface area contributed by atoms with Crippen LogP contribution in [0.1, 0.15) is 78.6 Å². The summed E-state index contributed by atoms with van der Waals surface area (Å²) in [5.74, 6) is 0.764. The van der Waals surface area contributed by atoms with Gasteiger partial charge < -0.3 is 10.5 Å². The lowest BCUT2D eigenvalue weighted by molar-refractivity contribution is -0.0729. The number of hydrogen-bond acceptors (Lipinski definition) is 2. The van der Waals surface area contributed by atoms with Crippen LogP contribution in [0.25, 0.3) is 0 Å². The third kappa shape index (κ3) is 4.24. The Balaban J connectivity index is 2.68. The molecule has 0 aliphatic heterocycles. The zero-order valence-corrected chi connectivity index (χ0v) is 12.7. The molecule has 2 nitrogen and oxygen atoms in total. The van der Waals surface area contributed by atoms with Crippen LogP contribution in [0.5, 0.6) is 0 Å². The number of ether oxygens (including phenoxy) is 1. The Morgan fingerprint density at radius 3 is 2.00 bits per heavy atom. The number of rotatable bonds is 7. The second-order valence-corrected chi connectivity index (χ2v) is 5.94. The van der Waals surface area contributed by atoms with E-state index >= 15 is 0 Å². The van der Waals surface area contributed by atoms with Gasteiger partial charge >= 0.3 is 0 Å². The van der Waals surface area contributed by atoms with Gasteiger partial charge in [0.15, 0.2) is 0 Å². The van der Waals surface area contributed by atoms with Gasteiger partial charge in [0.1, 0.15) is 0 Å². The summed E-state index contributed by atoms with van der Waals surface area (Å²) in [6.45, 7) is 7.47. The van der Waals surface area contributed by atoms with Crippen LogP contribution in [0.15, 0.2) is 0 Å². The summed E-state index contributed by atoms with van der Waals surface area (Å²) in [5.41, 5.74) is 6.55. The van der Waals surface area contributed by atoms with Gasteiger partial charge in [0, 0.05) is 12.6 Å². The minimum atomic E-state index is -0.0200. The summed E-state index contributed by atoms with van der Waals surface area (Å²) in [5, 5.41) is 0. The zero-order chi connectivity index (χ0) is 13.4. The van der Waals surface area contributed by atoms with Crippen molar-refractivity contribution in [3.8, 4) is 0 Å². The van der Waals surface area contributed by atoms with Crippen molar-refractivity contribution in [3.63, 3.8) is 0 Å². The molecule has 0 spiro atoms. The van der Waals surface area contributed by atoms with Crippen LogP contribution in [0.3, 0.4) is 0 Å². The molecular weight excluding hydrogens is 222 g/mol. The SMILES string of the molecule is CCOC1(C(N)CC(CC)CC)CCCCCC1. The van der Waals surface area contributed by atoms with E-state index in [1.807, 2.05) is 0 Å². The Bertz CT molecular complexity index is 205. The smallest absolute Gasteiger partial charge is 0.0832 e. The maximum atomic E-state index is 6.57. The normalized spacial score (nSPS) is 21.8. The summed E-state index contributed by atoms with van der Waals surface area (Å²) >= 11 is 0. The average Bonchev–Trinajstić information content (AvgIpc) is 2.62. The molecule has 1 rings (SSSR count). The summed E-state index contributed by atoms with van der Waals surface area (Å²) < 4.78 is 6.18. The minimum absolute atomic E-state index is 0.0200. The van der Waals surface area contributed by atoms with E-state index in [0.29, 0.717) is 0 Å². The molecule has 0 heterocycles. The van der Waals surface area contributed by atoms with Gasteiger partial charge in [0.05, 0.1) is 5.60 Å². The molecule has 0 aromatic carbocycles. The molecule has 1 aliphatic carbocycles. The van der Waals surface area contributed by atoms with Gasteiger partial charge in [-0.3, -0.25) is 0 Å². The van der Waals surface area contributed by atoms with E-state index in [1.54, 1.807) is 0 Å². The maximum absolute atomic E-state index is 6.57. The van der Waals surface area contributed by atoms with E-state index in [2.05, 4.69) is 20.8 Å². The molecule has 0 saturated heterocycles. The van der Waals surface area contributed by atoms with Crippen LogP contribution < -0.4 is 5.73 Å². The van der Waals surface area contributed by atoms with Crippen molar-refractivity contribution >= 4 is 0 Å². The fraction of sp³-hybridized carbons (Fsp3) is 1.00. The predicted octanol–water partition coefficient (Wildman–Crippen LogP) is 4.27. The topological polar surface area (TPSA) is 35.2 Å². The molecule has 1 atom stereocenters. The van der Waals surface area contributed by atoms with Gasteiger partial charge in [-0.05, 0) is 32.1 Å². The Hall–Kier alpha value is -0.0800. The van der Waals surface area contributed by atoms with E-state index in [1.165, 1.54) is 51.4 Å². The van der Waals surface area contributed by atoms with Crippen LogP contribution >= 0.6 is 0 Å². The van der Waals surface area contributed by atoms with Crippen molar-refractivity contribution in [2.24, 2.45) is 11.7 Å². The molecule has 108 valence electrons. The summed E-state index contributed by atoms with van der Waals surface area (Å²) in [7, 11) is 0. The maximum Gasteiger partial charge on any atom is 0.0832 e. The van der Waals surface area contributed by atoms with E-state index in [4.69, 9.17) is 10.5 Å². The van der Waals surface area contributed by atoms with Crippen molar-refractivity contribution < 1.29 is 4.74 Å². The van der Waals surface area contributed by atoms with Gasteiger partial charge in [-0.1, -0.05) is 52.4 Å². The molecule has 0 aromatic rings. The van der Waals surface area contributed by atoms with E-state index in [-0.39, 0.29) is 11.6 Å². The number of nitrogens with two attached hydrogens (primary N) is 1. The van der Waals surface area contributed by atoms with Crippen LogP contribution in [0.2, 0.25) is 0 Å². The fourth-order valence-electron chi connectivity index (χ4n) is 3.43. The highest BCUT2D eigenvalue weighted by Gasteiger charge is 2.38. The van der Waals surface area contributed by atoms with Crippen molar-refractivity contribution in [3.05, 3.63) is 0 Å². The Kier molecular flexibility index (Phi) is 7.25. The molecule has 1 saturated carbocycles. The highest BCUT2D eigenvalue weighted by atomic mass is 16.5. The van der Waals surface area contributed by atoms with Gasteiger partial charge in [-0.2, -0.15) is 0 Å². The van der Waals surface area contributed by atoms with Crippen molar-refractivity contribution in [1.82, 2.24) is 0 Å². The van der Waals surface area contributed by atoms with Crippen LogP contribution in [-0.2, 0) is 4.74 Å². The molecular formula is C16H33NO. The van der Waals surface area contributed by atoms with Crippen LogP contribution in [-0.4, -0.2) is 18.2 Å². The number of hydrogen-bond donors (Lipinski definition) is 1. The Morgan fingerprint density at radius 1 is 1.00 bits per heavy atom. The third-order valence-corrected chi connectivity index (χ3v) is 4.80. The molecule has 0 aromatic heterocycles. The first-order chi connectivity index (χ1) is 8.68. The molecule has 18 heavy (non-hydrogen) atoms. The molecule has 1 aliphatic rings. The monoisotopic (exact) mass is 255 g/mol. The molecule has 1 unspecified atom stereocenters. The van der Waals surface area contributed by atoms with E-state index in [0.717, 1.165) is 18.9 Å². The Morgan fingerprint density at radius 2 is 1.56 bits per heavy atom. The zero-order valence-electron chi connectivity index (χ0n) is 12.7. The predicted molar refractivity (Wildman–Crippen MR) is 78.7 cm³/mol. The third-order valence-electron chi connectivity index (χ3n) is 4.80. The first-order valence-electron chi connectivity index (χ1n) is 8.08. The fourth-order valence-corrected chi connectivity index (χ4v) is 3.43. The summed E-state index contributed by atoms with van der Waals surface area (Å²) in [6.07, 6.45) is 11.2. The summed E-state index contributed by atoms with van der Waals surface area (Å²) in [6, 6.07) is 0.223. The molecule has 2 heteroatoms. The van der Waals surface area contributed by atoms with Crippen molar-refractivity contribution in [2.75, 3.05) is 6.61 Å². The second-order valence-electron chi connectivity index (χ2n) is 5.94. The molecule has 2 N–H and O–H groups in total. The van der Waals surface area contributed by atoms with E-state index < -0.39 is 0 Å². The largest absolute Gasteiger partial charge is 0.374 e. The second kappa shape index (κ2) is 8.16. The first-order valence-corrected chi connectivity index (χ1v) is 8.08. The molecule has 1 fully saturated rings. The van der Waals surface area contributed by atoms with Gasteiger partial charge in [-0.25, -0.2) is 0 Å². The molecule has 0 radical (unpaired) electrons. The van der Waals surface area contributed by atoms with E-state index in [9.17, 15) is 0 Å². The van der Waals surface area contributed by atoms with Crippen LogP contribution in [0, 0.1) is 5.92 Å². The van der Waals surface area contributed by atoms with Crippen molar-refractivity contribution in [1.29, 1.82) is 0 Å². The quantitative estimate of drug-likeness (QED) is 0.690. The average molecular weight is 255 g/mol. The lowest BCUT2D eigenvalue weighted by atomic mass is 9.80. The first kappa shape index (κ1) is 16.0. The Labute approximate surface area is 114 Å². The van der Waals surface area contributed by atoms with Gasteiger partial charge in [-0.15, -0.1) is 0 Å². The lowest BCUT2D eigenvalue weighted by Gasteiger charge is -2.39. The van der Waals surface area contributed by atoms with Gasteiger partial charge in [0.25, 0.3) is 0 Å². The van der Waals surface area contributed by atoms with Gasteiger partial charge in [0.2, 0.25) is 0 Å². The highest BCUT2D eigenvalue weighted by Crippen LogP contribution is 2.35. The standard InChI is InChI=1S/C16H33NO/c1-4-14(5-2)13-15(17)16(18-6-3)11-9-7-8-10-12-16/h14-15H,4-13,17H2,1-3H3. The lowest BCUT2D eigenvalue weighted by Crippen LogP contribution is -2.50.